The van der Waals surface area contributed by atoms with Crippen molar-refractivity contribution >= 4 is 23.3 Å². The lowest BCUT2D eigenvalue weighted by Gasteiger charge is -2.07. The van der Waals surface area contributed by atoms with Crippen LogP contribution in [0.15, 0.2) is 22.7 Å². The maximum atomic E-state index is 11.9. The largest absolute Gasteiger partial charge is 0.452 e. The lowest BCUT2D eigenvalue weighted by molar-refractivity contribution is -0.384. The summed E-state index contributed by atoms with van der Waals surface area (Å²) in [6, 6.07) is 4.38. The number of anilines is 1. The van der Waals surface area contributed by atoms with E-state index in [-0.39, 0.29) is 22.7 Å². The van der Waals surface area contributed by atoms with Gasteiger partial charge in [-0.3, -0.25) is 14.9 Å². The standard InChI is InChI=1S/C15H15N3O6/c1-8-4-5-11(12(6-8)18(21)22)16-13(19)7-23-15(20)14-9(2)17-24-10(14)3/h4-6H,7H2,1-3H3,(H,16,19). The fraction of sp³-hybridized carbons (Fsp3) is 0.267. The third-order valence-electron chi connectivity index (χ3n) is 3.20. The summed E-state index contributed by atoms with van der Waals surface area (Å²) in [4.78, 5) is 34.2. The van der Waals surface area contributed by atoms with Gasteiger partial charge in [0.15, 0.2) is 6.61 Å². The molecule has 0 fully saturated rings. The number of carbonyl (C=O) groups is 2. The van der Waals surface area contributed by atoms with E-state index in [9.17, 15) is 19.7 Å². The fourth-order valence-electron chi connectivity index (χ4n) is 2.06. The first-order valence-corrected chi connectivity index (χ1v) is 6.94. The highest BCUT2D eigenvalue weighted by Crippen LogP contribution is 2.25. The molecule has 0 saturated carbocycles. The Morgan fingerprint density at radius 3 is 2.62 bits per heavy atom. The number of esters is 1. The Bertz CT molecular complexity index is 792. The third kappa shape index (κ3) is 3.75. The molecule has 1 N–H and O–H groups in total. The van der Waals surface area contributed by atoms with Gasteiger partial charge in [-0.1, -0.05) is 11.2 Å². The molecular formula is C15H15N3O6. The fourth-order valence-corrected chi connectivity index (χ4v) is 2.06. The van der Waals surface area contributed by atoms with Gasteiger partial charge in [-0.05, 0) is 32.4 Å². The molecule has 24 heavy (non-hydrogen) atoms. The zero-order chi connectivity index (χ0) is 17.9. The predicted octanol–water partition coefficient (Wildman–Crippen LogP) is 2.30. The first-order chi connectivity index (χ1) is 11.3. The zero-order valence-corrected chi connectivity index (χ0v) is 13.3. The first-order valence-electron chi connectivity index (χ1n) is 6.94. The van der Waals surface area contributed by atoms with Gasteiger partial charge in [-0.2, -0.15) is 0 Å². The molecule has 0 spiro atoms. The Morgan fingerprint density at radius 1 is 1.33 bits per heavy atom. The van der Waals surface area contributed by atoms with Crippen molar-refractivity contribution in [2.24, 2.45) is 0 Å². The SMILES string of the molecule is Cc1ccc(NC(=O)COC(=O)c2c(C)noc2C)c([N+](=O)[O-])c1. The van der Waals surface area contributed by atoms with Gasteiger partial charge in [0.25, 0.3) is 11.6 Å². The lowest BCUT2D eigenvalue weighted by Crippen LogP contribution is -2.21. The van der Waals surface area contributed by atoms with Crippen molar-refractivity contribution < 1.29 is 23.8 Å². The smallest absolute Gasteiger partial charge is 0.344 e. The monoisotopic (exact) mass is 333 g/mol. The molecule has 2 aromatic rings. The summed E-state index contributed by atoms with van der Waals surface area (Å²) >= 11 is 0. The Labute approximate surface area is 136 Å². The second-order valence-corrected chi connectivity index (χ2v) is 5.10. The van der Waals surface area contributed by atoms with Crippen LogP contribution in [0.3, 0.4) is 0 Å². The Morgan fingerprint density at radius 2 is 2.04 bits per heavy atom. The molecule has 126 valence electrons. The second kappa shape index (κ2) is 6.90. The average molecular weight is 333 g/mol. The van der Waals surface area contributed by atoms with E-state index in [4.69, 9.17) is 9.26 Å². The molecule has 0 unspecified atom stereocenters. The molecule has 1 amide bonds. The number of carbonyl (C=O) groups excluding carboxylic acids is 2. The summed E-state index contributed by atoms with van der Waals surface area (Å²) in [6.07, 6.45) is 0. The van der Waals surface area contributed by atoms with Crippen molar-refractivity contribution in [2.75, 3.05) is 11.9 Å². The number of aromatic nitrogens is 1. The van der Waals surface area contributed by atoms with Crippen LogP contribution in [0.4, 0.5) is 11.4 Å². The summed E-state index contributed by atoms with van der Waals surface area (Å²) < 4.78 is 9.73. The quantitative estimate of drug-likeness (QED) is 0.505. The topological polar surface area (TPSA) is 125 Å². The van der Waals surface area contributed by atoms with Crippen molar-refractivity contribution in [3.8, 4) is 0 Å². The average Bonchev–Trinajstić information content (AvgIpc) is 2.85. The molecule has 0 aliphatic carbocycles. The Balaban J connectivity index is 2.02. The molecule has 1 aromatic heterocycles. The van der Waals surface area contributed by atoms with Crippen LogP contribution in [0.25, 0.3) is 0 Å². The number of aryl methyl sites for hydroxylation is 3. The van der Waals surface area contributed by atoms with Crippen LogP contribution in [-0.4, -0.2) is 28.6 Å². The minimum atomic E-state index is -0.750. The third-order valence-corrected chi connectivity index (χ3v) is 3.20. The molecular weight excluding hydrogens is 318 g/mol. The molecule has 0 radical (unpaired) electrons. The van der Waals surface area contributed by atoms with Gasteiger partial charge in [0.2, 0.25) is 0 Å². The van der Waals surface area contributed by atoms with E-state index in [0.717, 1.165) is 0 Å². The molecule has 0 aliphatic heterocycles. The summed E-state index contributed by atoms with van der Waals surface area (Å²) in [5, 5.41) is 17.0. The molecule has 2 rings (SSSR count). The number of amides is 1. The van der Waals surface area contributed by atoms with Crippen LogP contribution in [0, 0.1) is 30.9 Å². The molecule has 0 saturated heterocycles. The molecule has 0 aliphatic rings. The molecule has 0 atom stereocenters. The van der Waals surface area contributed by atoms with E-state index in [1.807, 2.05) is 0 Å². The Hall–Kier alpha value is -3.23. The maximum absolute atomic E-state index is 11.9. The first kappa shape index (κ1) is 17.1. The number of nitrogens with one attached hydrogen (secondary N) is 1. The molecule has 1 heterocycles. The Kier molecular flexibility index (Phi) is 4.93. The molecule has 9 nitrogen and oxygen atoms in total. The van der Waals surface area contributed by atoms with Crippen LogP contribution in [0.1, 0.15) is 27.4 Å². The van der Waals surface area contributed by atoms with E-state index >= 15 is 0 Å². The van der Waals surface area contributed by atoms with Crippen LogP contribution < -0.4 is 5.32 Å². The lowest BCUT2D eigenvalue weighted by atomic mass is 10.2. The van der Waals surface area contributed by atoms with E-state index < -0.39 is 23.4 Å². The highest BCUT2D eigenvalue weighted by atomic mass is 16.6. The number of nitro benzene ring substituents is 1. The van der Waals surface area contributed by atoms with Gasteiger partial charge in [0, 0.05) is 6.07 Å². The molecule has 9 heteroatoms. The van der Waals surface area contributed by atoms with E-state index in [1.54, 1.807) is 26.8 Å². The minimum Gasteiger partial charge on any atom is -0.452 e. The van der Waals surface area contributed by atoms with Crippen molar-refractivity contribution in [3.05, 3.63) is 50.9 Å². The summed E-state index contributed by atoms with van der Waals surface area (Å²) in [5.74, 6) is -1.16. The van der Waals surface area contributed by atoms with Gasteiger partial charge >= 0.3 is 5.97 Å². The summed E-state index contributed by atoms with van der Waals surface area (Å²) in [5.41, 5.74) is 0.991. The van der Waals surface area contributed by atoms with Gasteiger partial charge < -0.3 is 14.6 Å². The highest BCUT2D eigenvalue weighted by molar-refractivity contribution is 5.97. The van der Waals surface area contributed by atoms with Gasteiger partial charge in [0.1, 0.15) is 17.0 Å². The zero-order valence-electron chi connectivity index (χ0n) is 13.3. The van der Waals surface area contributed by atoms with Crippen LogP contribution in [-0.2, 0) is 9.53 Å². The van der Waals surface area contributed by atoms with Crippen molar-refractivity contribution in [1.82, 2.24) is 5.16 Å². The highest BCUT2D eigenvalue weighted by Gasteiger charge is 2.21. The van der Waals surface area contributed by atoms with E-state index in [1.165, 1.54) is 12.1 Å². The number of nitro groups is 1. The van der Waals surface area contributed by atoms with Gasteiger partial charge in [0.05, 0.1) is 10.6 Å². The van der Waals surface area contributed by atoms with E-state index in [0.29, 0.717) is 11.3 Å². The van der Waals surface area contributed by atoms with Crippen LogP contribution in [0.2, 0.25) is 0 Å². The van der Waals surface area contributed by atoms with Crippen LogP contribution in [0.5, 0.6) is 0 Å². The number of hydrogen-bond donors (Lipinski definition) is 1. The van der Waals surface area contributed by atoms with Crippen LogP contribution >= 0.6 is 0 Å². The van der Waals surface area contributed by atoms with E-state index in [2.05, 4.69) is 10.5 Å². The predicted molar refractivity (Wildman–Crippen MR) is 82.7 cm³/mol. The summed E-state index contributed by atoms with van der Waals surface area (Å²) in [7, 11) is 0. The van der Waals surface area contributed by atoms with Gasteiger partial charge in [-0.25, -0.2) is 4.79 Å². The molecule has 1 aromatic carbocycles. The number of benzene rings is 1. The maximum Gasteiger partial charge on any atom is 0.344 e. The number of nitrogens with zero attached hydrogens (tertiary/aromatic N) is 2. The number of rotatable bonds is 5. The van der Waals surface area contributed by atoms with Gasteiger partial charge in [-0.15, -0.1) is 0 Å². The minimum absolute atomic E-state index is 0.0315. The normalized spacial score (nSPS) is 10.3. The second-order valence-electron chi connectivity index (χ2n) is 5.10. The van der Waals surface area contributed by atoms with Crippen molar-refractivity contribution in [1.29, 1.82) is 0 Å². The molecule has 0 bridgehead atoms. The number of ether oxygens (including phenoxy) is 1. The number of hydrogen-bond acceptors (Lipinski definition) is 7. The van der Waals surface area contributed by atoms with Crippen molar-refractivity contribution in [3.63, 3.8) is 0 Å². The summed E-state index contributed by atoms with van der Waals surface area (Å²) in [6.45, 7) is 4.23. The van der Waals surface area contributed by atoms with Crippen molar-refractivity contribution in [2.45, 2.75) is 20.8 Å².